The minimum atomic E-state index is 0.565. The number of allylic oxidation sites excluding steroid dienone is 4. The van der Waals surface area contributed by atoms with E-state index in [1.807, 2.05) is 42.5 Å². The van der Waals surface area contributed by atoms with E-state index >= 15 is 0 Å². The Labute approximate surface area is 117 Å². The van der Waals surface area contributed by atoms with E-state index in [4.69, 9.17) is 5.26 Å². The van der Waals surface area contributed by atoms with Crippen LogP contribution in [0.4, 0.5) is 0 Å². The van der Waals surface area contributed by atoms with Crippen LogP contribution < -0.4 is 0 Å². The summed E-state index contributed by atoms with van der Waals surface area (Å²) >= 11 is 0. The van der Waals surface area contributed by atoms with Gasteiger partial charge in [-0.1, -0.05) is 81.0 Å². The highest BCUT2D eigenvalue weighted by molar-refractivity contribution is 5.45. The third kappa shape index (κ3) is 15.4. The summed E-state index contributed by atoms with van der Waals surface area (Å²) < 4.78 is 0. The van der Waals surface area contributed by atoms with Crippen molar-refractivity contribution in [3.63, 3.8) is 0 Å². The molecule has 0 aliphatic carbocycles. The zero-order chi connectivity index (χ0) is 14.9. The maximum absolute atomic E-state index is 8.07. The first-order chi connectivity index (χ1) is 9.15. The van der Waals surface area contributed by atoms with Crippen LogP contribution in [0.5, 0.6) is 0 Å². The second-order valence-electron chi connectivity index (χ2n) is 3.29. The van der Waals surface area contributed by atoms with Crippen molar-refractivity contribution in [2.75, 3.05) is 0 Å². The van der Waals surface area contributed by atoms with E-state index < -0.39 is 0 Å². The highest BCUT2D eigenvalue weighted by Gasteiger charge is 1.80. The molecule has 0 saturated carbocycles. The van der Waals surface area contributed by atoms with Crippen LogP contribution in [0.3, 0.4) is 0 Å². The van der Waals surface area contributed by atoms with Gasteiger partial charge in [0.1, 0.15) is 0 Å². The Kier molecular flexibility index (Phi) is 15.2. The summed E-state index contributed by atoms with van der Waals surface area (Å²) in [6.07, 6.45) is 7.38. The van der Waals surface area contributed by atoms with Gasteiger partial charge in [-0.05, 0) is 12.0 Å². The number of hydrogen-bond donors (Lipinski definition) is 0. The van der Waals surface area contributed by atoms with Gasteiger partial charge < -0.3 is 0 Å². The van der Waals surface area contributed by atoms with Gasteiger partial charge in [0.05, 0.1) is 6.07 Å². The summed E-state index contributed by atoms with van der Waals surface area (Å²) in [7, 11) is 0. The summed E-state index contributed by atoms with van der Waals surface area (Å²) in [6, 6.07) is 11.9. The molecule has 0 radical (unpaired) electrons. The second-order valence-corrected chi connectivity index (χ2v) is 3.29. The smallest absolute Gasteiger partial charge is 0.0944 e. The Morgan fingerprint density at radius 2 is 1.58 bits per heavy atom. The third-order valence-corrected chi connectivity index (χ3v) is 1.75. The molecule has 19 heavy (non-hydrogen) atoms. The first-order valence-electron chi connectivity index (χ1n) is 5.75. The van der Waals surface area contributed by atoms with Crippen LogP contribution >= 0.6 is 0 Å². The van der Waals surface area contributed by atoms with Gasteiger partial charge in [-0.2, -0.15) is 5.26 Å². The molecule has 1 rings (SSSR count). The topological polar surface area (TPSA) is 23.8 Å². The van der Waals surface area contributed by atoms with Gasteiger partial charge >= 0.3 is 0 Å². The van der Waals surface area contributed by atoms with E-state index in [-0.39, 0.29) is 0 Å². The van der Waals surface area contributed by atoms with Gasteiger partial charge in [-0.15, -0.1) is 6.58 Å². The van der Waals surface area contributed by atoms with Gasteiger partial charge in [0.15, 0.2) is 0 Å². The molecule has 0 N–H and O–H groups in total. The summed E-state index contributed by atoms with van der Waals surface area (Å²) in [5.74, 6) is 0. The molecule has 0 unspecified atom stereocenters. The van der Waals surface area contributed by atoms with E-state index in [1.54, 1.807) is 18.2 Å². The monoisotopic (exact) mass is 251 g/mol. The molecule has 1 nitrogen and oxygen atoms in total. The highest BCUT2D eigenvalue weighted by atomic mass is 14.2. The standard InChI is InChI=1S/C8H8.C6H7N.C4H6/c1-2-8-6-4-3-5-7-8;1-3-4-6(2)5-7;1-3-4-2/h2-7H,1H2;3H,1-2,4H2;3-4H,1-2H2. The molecule has 0 bridgehead atoms. The third-order valence-electron chi connectivity index (χ3n) is 1.75. The lowest BCUT2D eigenvalue weighted by molar-refractivity contribution is 1.30. The molecule has 0 aliphatic heterocycles. The SMILES string of the molecule is C=CC=C.C=CCC(=C)C#N.C=Cc1ccccc1. The van der Waals surface area contributed by atoms with Gasteiger partial charge in [0, 0.05) is 5.57 Å². The van der Waals surface area contributed by atoms with Crippen molar-refractivity contribution in [1.29, 1.82) is 5.26 Å². The molecule has 1 aromatic carbocycles. The Bertz CT molecular complexity index is 427. The first-order valence-corrected chi connectivity index (χ1v) is 5.75. The highest BCUT2D eigenvalue weighted by Crippen LogP contribution is 1.97. The maximum Gasteiger partial charge on any atom is 0.0944 e. The van der Waals surface area contributed by atoms with E-state index in [1.165, 1.54) is 5.56 Å². The number of hydrogen-bond acceptors (Lipinski definition) is 1. The average molecular weight is 251 g/mol. The minimum Gasteiger partial charge on any atom is -0.193 e. The normalized spacial score (nSPS) is 7.11. The lowest BCUT2D eigenvalue weighted by atomic mass is 10.2. The lowest BCUT2D eigenvalue weighted by Gasteiger charge is -1.85. The number of benzene rings is 1. The minimum absolute atomic E-state index is 0.565. The van der Waals surface area contributed by atoms with Crippen molar-refractivity contribution in [2.45, 2.75) is 6.42 Å². The van der Waals surface area contributed by atoms with Crippen LogP contribution in [0.2, 0.25) is 0 Å². The summed E-state index contributed by atoms with van der Waals surface area (Å²) in [5, 5.41) is 8.07. The summed E-state index contributed by atoms with van der Waals surface area (Å²) in [4.78, 5) is 0. The second kappa shape index (κ2) is 15.4. The molecule has 0 aromatic heterocycles. The van der Waals surface area contributed by atoms with Crippen molar-refractivity contribution in [3.8, 4) is 6.07 Å². The van der Waals surface area contributed by atoms with Gasteiger partial charge in [0.2, 0.25) is 0 Å². The van der Waals surface area contributed by atoms with Crippen molar-refractivity contribution in [2.24, 2.45) is 0 Å². The quantitative estimate of drug-likeness (QED) is 0.403. The summed E-state index contributed by atoms with van der Waals surface area (Å²) in [5.41, 5.74) is 1.74. The predicted molar refractivity (Wildman–Crippen MR) is 86.5 cm³/mol. The van der Waals surface area contributed by atoms with Crippen LogP contribution in [0.15, 0.2) is 87.0 Å². The van der Waals surface area contributed by atoms with Crippen molar-refractivity contribution in [1.82, 2.24) is 0 Å². The molecule has 1 aromatic rings. The molecular weight excluding hydrogens is 230 g/mol. The Hall–Kier alpha value is -2.59. The molecule has 0 amide bonds. The molecule has 98 valence electrons. The Balaban J connectivity index is 0. The van der Waals surface area contributed by atoms with Crippen LogP contribution in [0.25, 0.3) is 6.08 Å². The fourth-order valence-corrected chi connectivity index (χ4v) is 0.809. The molecule has 0 heterocycles. The van der Waals surface area contributed by atoms with Crippen molar-refractivity contribution in [3.05, 3.63) is 92.6 Å². The Morgan fingerprint density at radius 3 is 1.79 bits per heavy atom. The van der Waals surface area contributed by atoms with E-state index in [9.17, 15) is 0 Å². The fraction of sp³-hybridized carbons (Fsp3) is 0.0556. The van der Waals surface area contributed by atoms with E-state index in [2.05, 4.69) is 32.9 Å². The number of rotatable bonds is 4. The zero-order valence-corrected chi connectivity index (χ0v) is 11.4. The molecule has 0 saturated heterocycles. The van der Waals surface area contributed by atoms with Crippen LogP contribution in [0.1, 0.15) is 12.0 Å². The fourth-order valence-electron chi connectivity index (χ4n) is 0.809. The van der Waals surface area contributed by atoms with Gasteiger partial charge in [0.25, 0.3) is 0 Å². The summed E-state index contributed by atoms with van der Waals surface area (Å²) in [6.45, 7) is 17.2. The average Bonchev–Trinajstić information content (AvgIpc) is 2.49. The first kappa shape index (κ1) is 18.8. The van der Waals surface area contributed by atoms with Crippen LogP contribution in [-0.4, -0.2) is 0 Å². The van der Waals surface area contributed by atoms with E-state index in [0.29, 0.717) is 12.0 Å². The maximum atomic E-state index is 8.07. The van der Waals surface area contributed by atoms with E-state index in [0.717, 1.165) is 0 Å². The largest absolute Gasteiger partial charge is 0.193 e. The van der Waals surface area contributed by atoms with Crippen LogP contribution in [0, 0.1) is 11.3 Å². The zero-order valence-electron chi connectivity index (χ0n) is 11.4. The molecule has 0 atom stereocenters. The number of nitriles is 1. The molecule has 0 spiro atoms. The lowest BCUT2D eigenvalue weighted by Crippen LogP contribution is -1.66. The van der Waals surface area contributed by atoms with Crippen molar-refractivity contribution >= 4 is 6.08 Å². The molecular formula is C18H21N. The predicted octanol–water partition coefficient (Wildman–Crippen LogP) is 5.33. The van der Waals surface area contributed by atoms with Gasteiger partial charge in [-0.3, -0.25) is 0 Å². The molecule has 0 fully saturated rings. The number of nitrogens with zero attached hydrogens (tertiary/aromatic N) is 1. The molecule has 1 heteroatoms. The Morgan fingerprint density at radius 1 is 1.05 bits per heavy atom. The van der Waals surface area contributed by atoms with Gasteiger partial charge in [-0.25, -0.2) is 0 Å². The van der Waals surface area contributed by atoms with Crippen LogP contribution in [-0.2, 0) is 0 Å². The van der Waals surface area contributed by atoms with Crippen molar-refractivity contribution < 1.29 is 0 Å². The molecule has 0 aliphatic rings.